The van der Waals surface area contributed by atoms with E-state index in [-0.39, 0.29) is 4.90 Å². The Morgan fingerprint density at radius 2 is 1.75 bits per heavy atom. The number of nitrogens with zero attached hydrogens (tertiary/aromatic N) is 1. The van der Waals surface area contributed by atoms with Crippen LogP contribution in [0.5, 0.6) is 0 Å². The third kappa shape index (κ3) is 1.72. The van der Waals surface area contributed by atoms with Gasteiger partial charge < -0.3 is 4.57 Å². The SMILES string of the molecule is Cc1cc2c(S(=O)(=O)Cl)cn(C)c2cc1C. The largest absolute Gasteiger partial charge is 0.349 e. The van der Waals surface area contributed by atoms with Crippen LogP contribution < -0.4 is 0 Å². The second-order valence-corrected chi connectivity index (χ2v) is 6.53. The lowest BCUT2D eigenvalue weighted by atomic mass is 10.1. The van der Waals surface area contributed by atoms with Crippen molar-refractivity contribution in [3.63, 3.8) is 0 Å². The summed E-state index contributed by atoms with van der Waals surface area (Å²) in [5, 5.41) is 0.681. The second-order valence-electron chi connectivity index (χ2n) is 4.00. The molecule has 0 atom stereocenters. The third-order valence-corrected chi connectivity index (χ3v) is 4.18. The van der Waals surface area contributed by atoms with Gasteiger partial charge in [0.1, 0.15) is 4.90 Å². The highest BCUT2D eigenvalue weighted by Gasteiger charge is 2.18. The number of fused-ring (bicyclic) bond motifs is 1. The van der Waals surface area contributed by atoms with E-state index in [0.717, 1.165) is 16.6 Å². The number of rotatable bonds is 1. The molecule has 0 aliphatic carbocycles. The van der Waals surface area contributed by atoms with E-state index in [1.165, 1.54) is 0 Å². The Bertz CT molecular complexity index is 671. The fourth-order valence-electron chi connectivity index (χ4n) is 1.80. The number of hydrogen-bond acceptors (Lipinski definition) is 2. The Kier molecular flexibility index (Phi) is 2.51. The van der Waals surface area contributed by atoms with Crippen LogP contribution in [0.3, 0.4) is 0 Å². The van der Waals surface area contributed by atoms with Crippen molar-refractivity contribution in [2.75, 3.05) is 0 Å². The van der Waals surface area contributed by atoms with Crippen LogP contribution in [0.1, 0.15) is 11.1 Å². The summed E-state index contributed by atoms with van der Waals surface area (Å²) in [5.74, 6) is 0. The van der Waals surface area contributed by atoms with E-state index in [0.29, 0.717) is 5.39 Å². The molecule has 5 heteroatoms. The summed E-state index contributed by atoms with van der Waals surface area (Å²) in [7, 11) is 3.52. The normalized spacial score (nSPS) is 12.2. The summed E-state index contributed by atoms with van der Waals surface area (Å²) in [6, 6.07) is 3.83. The first-order valence-corrected chi connectivity index (χ1v) is 7.12. The zero-order chi connectivity index (χ0) is 12.1. The lowest BCUT2D eigenvalue weighted by Crippen LogP contribution is -1.88. The van der Waals surface area contributed by atoms with Gasteiger partial charge in [-0.05, 0) is 37.1 Å². The highest BCUT2D eigenvalue weighted by Crippen LogP contribution is 2.29. The first kappa shape index (κ1) is 11.5. The molecule has 0 spiro atoms. The van der Waals surface area contributed by atoms with Gasteiger partial charge in [0.2, 0.25) is 0 Å². The molecule has 0 bridgehead atoms. The lowest BCUT2D eigenvalue weighted by Gasteiger charge is -2.02. The van der Waals surface area contributed by atoms with Crippen LogP contribution in [-0.2, 0) is 16.1 Å². The molecular weight excluding hydrogens is 246 g/mol. The molecule has 0 saturated heterocycles. The Labute approximate surface area is 99.1 Å². The molecule has 0 N–H and O–H groups in total. The number of benzene rings is 1. The zero-order valence-corrected chi connectivity index (χ0v) is 10.9. The predicted octanol–water partition coefficient (Wildman–Crippen LogP) is 2.72. The van der Waals surface area contributed by atoms with Crippen LogP contribution in [0.4, 0.5) is 0 Å². The molecule has 0 amide bonds. The van der Waals surface area contributed by atoms with Crippen LogP contribution in [0.15, 0.2) is 23.2 Å². The van der Waals surface area contributed by atoms with Crippen LogP contribution in [-0.4, -0.2) is 13.0 Å². The van der Waals surface area contributed by atoms with Gasteiger partial charge in [-0.2, -0.15) is 0 Å². The van der Waals surface area contributed by atoms with Gasteiger partial charge in [0.25, 0.3) is 9.05 Å². The molecule has 1 aromatic carbocycles. The van der Waals surface area contributed by atoms with Gasteiger partial charge in [0, 0.05) is 34.8 Å². The minimum Gasteiger partial charge on any atom is -0.349 e. The Morgan fingerprint density at radius 3 is 2.31 bits per heavy atom. The summed E-state index contributed by atoms with van der Waals surface area (Å²) in [6.07, 6.45) is 1.55. The van der Waals surface area contributed by atoms with Crippen molar-refractivity contribution in [1.29, 1.82) is 0 Å². The molecule has 1 aromatic heterocycles. The van der Waals surface area contributed by atoms with Gasteiger partial charge in [0.05, 0.1) is 0 Å². The molecule has 0 radical (unpaired) electrons. The third-order valence-electron chi connectivity index (χ3n) is 2.83. The fourth-order valence-corrected chi connectivity index (χ4v) is 2.88. The van der Waals surface area contributed by atoms with Crippen molar-refractivity contribution >= 4 is 30.6 Å². The zero-order valence-electron chi connectivity index (χ0n) is 9.28. The van der Waals surface area contributed by atoms with Crippen LogP contribution >= 0.6 is 10.7 Å². The summed E-state index contributed by atoms with van der Waals surface area (Å²) in [6.45, 7) is 3.95. The Morgan fingerprint density at radius 1 is 1.19 bits per heavy atom. The maximum Gasteiger partial charge on any atom is 0.263 e. The standard InChI is InChI=1S/C11H12ClNO2S/c1-7-4-9-10(5-8(7)2)13(3)6-11(9)16(12,14)15/h4-6H,1-3H3. The van der Waals surface area contributed by atoms with Crippen molar-refractivity contribution in [1.82, 2.24) is 4.57 Å². The Hall–Kier alpha value is -1.00. The lowest BCUT2D eigenvalue weighted by molar-refractivity contribution is 0.610. The van der Waals surface area contributed by atoms with Crippen LogP contribution in [0.2, 0.25) is 0 Å². The molecule has 0 aliphatic heterocycles. The van der Waals surface area contributed by atoms with Crippen LogP contribution in [0.25, 0.3) is 10.9 Å². The van der Waals surface area contributed by atoms with E-state index in [1.807, 2.05) is 33.0 Å². The van der Waals surface area contributed by atoms with Gasteiger partial charge in [-0.3, -0.25) is 0 Å². The molecule has 3 nitrogen and oxygen atoms in total. The minimum absolute atomic E-state index is 0.176. The first-order valence-electron chi connectivity index (χ1n) is 4.81. The number of aryl methyl sites for hydroxylation is 3. The summed E-state index contributed by atoms with van der Waals surface area (Å²) in [5.41, 5.74) is 3.06. The Balaban J connectivity index is 2.95. The molecule has 86 valence electrons. The van der Waals surface area contributed by atoms with Gasteiger partial charge >= 0.3 is 0 Å². The topological polar surface area (TPSA) is 39.1 Å². The molecular formula is C11H12ClNO2S. The van der Waals surface area contributed by atoms with E-state index >= 15 is 0 Å². The van der Waals surface area contributed by atoms with E-state index in [4.69, 9.17) is 10.7 Å². The minimum atomic E-state index is -3.69. The molecule has 16 heavy (non-hydrogen) atoms. The number of halogens is 1. The van der Waals surface area contributed by atoms with E-state index in [9.17, 15) is 8.42 Å². The van der Waals surface area contributed by atoms with Crippen molar-refractivity contribution in [3.8, 4) is 0 Å². The van der Waals surface area contributed by atoms with Gasteiger partial charge in [0.15, 0.2) is 0 Å². The predicted molar refractivity (Wildman–Crippen MR) is 65.4 cm³/mol. The molecule has 0 saturated carbocycles. The molecule has 1 heterocycles. The van der Waals surface area contributed by atoms with Gasteiger partial charge in [-0.1, -0.05) is 0 Å². The van der Waals surface area contributed by atoms with Crippen molar-refractivity contribution in [3.05, 3.63) is 29.5 Å². The molecule has 2 rings (SSSR count). The van der Waals surface area contributed by atoms with Crippen molar-refractivity contribution in [2.45, 2.75) is 18.7 Å². The summed E-state index contributed by atoms with van der Waals surface area (Å²) in [4.78, 5) is 0.176. The number of aromatic nitrogens is 1. The second kappa shape index (κ2) is 3.50. The molecule has 2 aromatic rings. The van der Waals surface area contributed by atoms with Crippen molar-refractivity contribution < 1.29 is 8.42 Å². The maximum absolute atomic E-state index is 11.4. The molecule has 0 unspecified atom stereocenters. The highest BCUT2D eigenvalue weighted by molar-refractivity contribution is 8.14. The number of hydrogen-bond donors (Lipinski definition) is 0. The fraction of sp³-hybridized carbons (Fsp3) is 0.273. The van der Waals surface area contributed by atoms with E-state index < -0.39 is 9.05 Å². The van der Waals surface area contributed by atoms with Gasteiger partial charge in [-0.25, -0.2) is 8.42 Å². The smallest absolute Gasteiger partial charge is 0.263 e. The molecule has 0 aliphatic rings. The highest BCUT2D eigenvalue weighted by atomic mass is 35.7. The van der Waals surface area contributed by atoms with E-state index in [2.05, 4.69) is 0 Å². The van der Waals surface area contributed by atoms with E-state index in [1.54, 1.807) is 10.8 Å². The summed E-state index contributed by atoms with van der Waals surface area (Å²) < 4.78 is 24.6. The quantitative estimate of drug-likeness (QED) is 0.737. The molecule has 0 fully saturated rings. The average molecular weight is 258 g/mol. The first-order chi connectivity index (χ1) is 7.30. The van der Waals surface area contributed by atoms with Gasteiger partial charge in [-0.15, -0.1) is 0 Å². The van der Waals surface area contributed by atoms with Crippen LogP contribution in [0, 0.1) is 13.8 Å². The summed E-state index contributed by atoms with van der Waals surface area (Å²) >= 11 is 0. The van der Waals surface area contributed by atoms with Crippen molar-refractivity contribution in [2.24, 2.45) is 7.05 Å². The average Bonchev–Trinajstić information content (AvgIpc) is 2.45. The monoisotopic (exact) mass is 257 g/mol. The maximum atomic E-state index is 11.4.